The van der Waals surface area contributed by atoms with E-state index in [1.165, 1.54) is 25.7 Å². The summed E-state index contributed by atoms with van der Waals surface area (Å²) in [4.78, 5) is 10.4. The molecule has 0 aromatic carbocycles. The predicted octanol–water partition coefficient (Wildman–Crippen LogP) is 3.60. The number of aromatic nitrogens is 1. The summed E-state index contributed by atoms with van der Waals surface area (Å²) in [7, 11) is 0. The summed E-state index contributed by atoms with van der Waals surface area (Å²) in [6.07, 6.45) is 5.59. The van der Waals surface area contributed by atoms with Crippen LogP contribution in [0.4, 0.5) is 5.13 Å². The van der Waals surface area contributed by atoms with E-state index < -0.39 is 0 Å². The van der Waals surface area contributed by atoms with E-state index in [-0.39, 0.29) is 0 Å². The molecule has 3 nitrogen and oxygen atoms in total. The zero-order valence-corrected chi connectivity index (χ0v) is 13.3. The van der Waals surface area contributed by atoms with Crippen LogP contribution in [0.15, 0.2) is 0 Å². The lowest BCUT2D eigenvalue weighted by atomic mass is 10.2. The van der Waals surface area contributed by atoms with Gasteiger partial charge in [0, 0.05) is 32.2 Å². The SMILES string of the molecule is ClCc1sc(N2CCN(C3CCCC3)CC2)nc1Cl. The highest BCUT2D eigenvalue weighted by Crippen LogP contribution is 2.32. The fourth-order valence-corrected chi connectivity index (χ4v) is 4.61. The maximum atomic E-state index is 6.07. The molecule has 0 amide bonds. The smallest absolute Gasteiger partial charge is 0.187 e. The molecular weight excluding hydrogens is 301 g/mol. The molecule has 2 heterocycles. The van der Waals surface area contributed by atoms with E-state index in [2.05, 4.69) is 14.8 Å². The summed E-state index contributed by atoms with van der Waals surface area (Å²) >= 11 is 13.6. The number of piperazine rings is 1. The van der Waals surface area contributed by atoms with Crippen LogP contribution < -0.4 is 4.90 Å². The van der Waals surface area contributed by atoms with Gasteiger partial charge in [0.1, 0.15) is 5.15 Å². The molecule has 0 N–H and O–H groups in total. The minimum atomic E-state index is 0.457. The van der Waals surface area contributed by atoms with E-state index in [0.717, 1.165) is 42.2 Å². The van der Waals surface area contributed by atoms with Crippen LogP contribution in [0.25, 0.3) is 0 Å². The topological polar surface area (TPSA) is 19.4 Å². The van der Waals surface area contributed by atoms with Crippen molar-refractivity contribution >= 4 is 39.7 Å². The van der Waals surface area contributed by atoms with Crippen LogP contribution in [0.2, 0.25) is 5.15 Å². The second-order valence-electron chi connectivity index (χ2n) is 5.31. The molecule has 6 heteroatoms. The number of hydrogen-bond donors (Lipinski definition) is 0. The molecule has 0 unspecified atom stereocenters. The second kappa shape index (κ2) is 6.17. The van der Waals surface area contributed by atoms with Gasteiger partial charge in [0.05, 0.1) is 10.8 Å². The van der Waals surface area contributed by atoms with E-state index in [9.17, 15) is 0 Å². The lowest BCUT2D eigenvalue weighted by Gasteiger charge is -2.37. The Hall–Kier alpha value is -0.0300. The Kier molecular flexibility index (Phi) is 4.52. The first-order chi connectivity index (χ1) is 9.28. The minimum Gasteiger partial charge on any atom is -0.345 e. The van der Waals surface area contributed by atoms with Gasteiger partial charge in [-0.3, -0.25) is 4.90 Å². The van der Waals surface area contributed by atoms with E-state index in [1.807, 2.05) is 0 Å². The zero-order chi connectivity index (χ0) is 13.2. The normalized spacial score (nSPS) is 22.3. The third-order valence-electron chi connectivity index (χ3n) is 4.19. The Balaban J connectivity index is 1.59. The van der Waals surface area contributed by atoms with Crippen LogP contribution in [0.5, 0.6) is 0 Å². The van der Waals surface area contributed by atoms with Crippen molar-refractivity contribution in [2.75, 3.05) is 31.1 Å². The minimum absolute atomic E-state index is 0.457. The second-order valence-corrected chi connectivity index (χ2v) is 6.99. The molecule has 1 aromatic heterocycles. The summed E-state index contributed by atoms with van der Waals surface area (Å²) in [5.41, 5.74) is 0. The van der Waals surface area contributed by atoms with Gasteiger partial charge in [0.15, 0.2) is 5.13 Å². The monoisotopic (exact) mass is 319 g/mol. The van der Waals surface area contributed by atoms with E-state index in [1.54, 1.807) is 11.3 Å². The summed E-state index contributed by atoms with van der Waals surface area (Å²) in [5.74, 6) is 0.457. The van der Waals surface area contributed by atoms with Gasteiger partial charge in [-0.05, 0) is 12.8 Å². The van der Waals surface area contributed by atoms with Crippen molar-refractivity contribution in [1.82, 2.24) is 9.88 Å². The molecule has 3 rings (SSSR count). The van der Waals surface area contributed by atoms with Gasteiger partial charge in [-0.1, -0.05) is 35.8 Å². The van der Waals surface area contributed by atoms with Crippen molar-refractivity contribution in [2.45, 2.75) is 37.6 Å². The number of anilines is 1. The van der Waals surface area contributed by atoms with Gasteiger partial charge in [-0.2, -0.15) is 0 Å². The standard InChI is InChI=1S/C13H19Cl2N3S/c14-9-11-12(15)16-13(19-11)18-7-5-17(6-8-18)10-3-1-2-4-10/h10H,1-9H2. The molecule has 1 saturated carbocycles. The van der Waals surface area contributed by atoms with Crippen LogP contribution in [-0.2, 0) is 5.88 Å². The van der Waals surface area contributed by atoms with E-state index in [4.69, 9.17) is 23.2 Å². The third kappa shape index (κ3) is 3.02. The van der Waals surface area contributed by atoms with Crippen LogP contribution in [-0.4, -0.2) is 42.1 Å². The molecule has 0 spiro atoms. The maximum absolute atomic E-state index is 6.07. The Morgan fingerprint density at radius 2 is 1.84 bits per heavy atom. The maximum Gasteiger partial charge on any atom is 0.187 e. The van der Waals surface area contributed by atoms with Crippen LogP contribution in [0, 0.1) is 0 Å². The fourth-order valence-electron chi connectivity index (χ4n) is 3.09. The highest BCUT2D eigenvalue weighted by Gasteiger charge is 2.27. The van der Waals surface area contributed by atoms with Gasteiger partial charge in [-0.15, -0.1) is 11.6 Å². The van der Waals surface area contributed by atoms with Gasteiger partial charge in [0.25, 0.3) is 0 Å². The lowest BCUT2D eigenvalue weighted by molar-refractivity contribution is 0.187. The van der Waals surface area contributed by atoms with Crippen molar-refractivity contribution < 1.29 is 0 Å². The molecular formula is C13H19Cl2N3S. The number of halogens is 2. The number of hydrogen-bond acceptors (Lipinski definition) is 4. The van der Waals surface area contributed by atoms with E-state index >= 15 is 0 Å². The van der Waals surface area contributed by atoms with Gasteiger partial charge in [-0.25, -0.2) is 4.98 Å². The van der Waals surface area contributed by atoms with Crippen molar-refractivity contribution in [2.24, 2.45) is 0 Å². The first kappa shape index (κ1) is 13.9. The van der Waals surface area contributed by atoms with Crippen molar-refractivity contribution in [3.8, 4) is 0 Å². The molecule has 0 bridgehead atoms. The number of alkyl halides is 1. The predicted molar refractivity (Wildman–Crippen MR) is 82.7 cm³/mol. The molecule has 106 valence electrons. The number of rotatable bonds is 3. The molecule has 1 saturated heterocycles. The molecule has 0 atom stereocenters. The molecule has 0 radical (unpaired) electrons. The van der Waals surface area contributed by atoms with Gasteiger partial charge >= 0.3 is 0 Å². The van der Waals surface area contributed by atoms with Gasteiger partial charge in [0.2, 0.25) is 0 Å². The largest absolute Gasteiger partial charge is 0.345 e. The quantitative estimate of drug-likeness (QED) is 0.793. The molecule has 2 fully saturated rings. The number of thiazole rings is 1. The van der Waals surface area contributed by atoms with Crippen LogP contribution in [0.3, 0.4) is 0 Å². The van der Waals surface area contributed by atoms with Crippen LogP contribution >= 0.6 is 34.5 Å². The molecule has 1 aliphatic heterocycles. The first-order valence-corrected chi connectivity index (χ1v) is 8.71. The summed E-state index contributed by atoms with van der Waals surface area (Å²) in [6.45, 7) is 4.42. The Labute approximate surface area is 128 Å². The average molecular weight is 320 g/mol. The van der Waals surface area contributed by atoms with Gasteiger partial charge < -0.3 is 4.90 Å². The molecule has 19 heavy (non-hydrogen) atoms. The van der Waals surface area contributed by atoms with Crippen molar-refractivity contribution in [3.63, 3.8) is 0 Å². The number of nitrogens with zero attached hydrogens (tertiary/aromatic N) is 3. The summed E-state index contributed by atoms with van der Waals surface area (Å²) in [6, 6.07) is 0.834. The highest BCUT2D eigenvalue weighted by atomic mass is 35.5. The highest BCUT2D eigenvalue weighted by molar-refractivity contribution is 7.16. The van der Waals surface area contributed by atoms with E-state index in [0.29, 0.717) is 11.0 Å². The molecule has 1 aromatic rings. The Morgan fingerprint density at radius 3 is 2.42 bits per heavy atom. The lowest BCUT2D eigenvalue weighted by Crippen LogP contribution is -2.49. The summed E-state index contributed by atoms with van der Waals surface area (Å²) < 4.78 is 0. The Morgan fingerprint density at radius 1 is 1.16 bits per heavy atom. The molecule has 2 aliphatic rings. The average Bonchev–Trinajstić information content (AvgIpc) is 3.08. The Bertz CT molecular complexity index is 424. The molecule has 1 aliphatic carbocycles. The van der Waals surface area contributed by atoms with Crippen molar-refractivity contribution in [3.05, 3.63) is 10.0 Å². The van der Waals surface area contributed by atoms with Crippen LogP contribution in [0.1, 0.15) is 30.6 Å². The first-order valence-electron chi connectivity index (χ1n) is 6.98. The fraction of sp³-hybridized carbons (Fsp3) is 0.769. The zero-order valence-electron chi connectivity index (χ0n) is 10.9. The summed E-state index contributed by atoms with van der Waals surface area (Å²) in [5, 5.41) is 1.61. The van der Waals surface area contributed by atoms with Crippen molar-refractivity contribution in [1.29, 1.82) is 0 Å². The third-order valence-corrected chi connectivity index (χ3v) is 6.15.